The van der Waals surface area contributed by atoms with Gasteiger partial charge in [-0.2, -0.15) is 5.10 Å². The minimum Gasteiger partial charge on any atom is -0.336 e. The van der Waals surface area contributed by atoms with Crippen molar-refractivity contribution in [2.24, 2.45) is 7.05 Å². The Labute approximate surface area is 146 Å². The van der Waals surface area contributed by atoms with Gasteiger partial charge in [0, 0.05) is 36.9 Å². The lowest BCUT2D eigenvalue weighted by Gasteiger charge is -2.10. The van der Waals surface area contributed by atoms with Gasteiger partial charge in [-0.05, 0) is 45.8 Å². The first-order valence-corrected chi connectivity index (χ1v) is 8.28. The summed E-state index contributed by atoms with van der Waals surface area (Å²) in [6.07, 6.45) is 5.68. The molecule has 0 radical (unpaired) electrons. The number of aromatic nitrogens is 4. The van der Waals surface area contributed by atoms with Gasteiger partial charge in [0.15, 0.2) is 0 Å². The fourth-order valence-corrected chi connectivity index (χ4v) is 3.19. The Morgan fingerprint density at radius 3 is 2.62 bits per heavy atom. The van der Waals surface area contributed by atoms with Crippen molar-refractivity contribution in [3.05, 3.63) is 71.0 Å². The second-order valence-electron chi connectivity index (χ2n) is 5.71. The summed E-state index contributed by atoms with van der Waals surface area (Å²) in [6.45, 7) is 0.643. The lowest BCUT2D eigenvalue weighted by molar-refractivity contribution is 0.626. The van der Waals surface area contributed by atoms with Crippen molar-refractivity contribution in [3.63, 3.8) is 0 Å². The number of hydrogen-bond acceptors (Lipinski definition) is 2. The van der Waals surface area contributed by atoms with E-state index < -0.39 is 0 Å². The zero-order valence-electron chi connectivity index (χ0n) is 12.9. The second kappa shape index (κ2) is 5.87. The monoisotopic (exact) mass is 384 g/mol. The summed E-state index contributed by atoms with van der Waals surface area (Å²) >= 11 is 3.44. The highest BCUT2D eigenvalue weighted by atomic mass is 79.9. The van der Waals surface area contributed by atoms with Crippen molar-refractivity contribution in [3.8, 4) is 11.3 Å². The van der Waals surface area contributed by atoms with Gasteiger partial charge in [-0.3, -0.25) is 4.68 Å². The van der Waals surface area contributed by atoms with Crippen LogP contribution in [0.15, 0.2) is 59.6 Å². The average molecular weight is 385 g/mol. The second-order valence-corrected chi connectivity index (χ2v) is 6.52. The predicted molar refractivity (Wildman–Crippen MR) is 95.1 cm³/mol. The summed E-state index contributed by atoms with van der Waals surface area (Å²) < 4.78 is 18.0. The van der Waals surface area contributed by atoms with Crippen LogP contribution >= 0.6 is 15.9 Å². The van der Waals surface area contributed by atoms with Gasteiger partial charge >= 0.3 is 0 Å². The van der Waals surface area contributed by atoms with Crippen LogP contribution in [0.25, 0.3) is 22.2 Å². The van der Waals surface area contributed by atoms with Gasteiger partial charge in [-0.25, -0.2) is 9.37 Å². The fourth-order valence-electron chi connectivity index (χ4n) is 2.87. The normalized spacial score (nSPS) is 11.3. The Morgan fingerprint density at radius 2 is 1.92 bits per heavy atom. The first-order chi connectivity index (χ1) is 11.6. The fraction of sp³-hybridized carbons (Fsp3) is 0.111. The molecule has 120 valence electrons. The molecule has 0 saturated heterocycles. The van der Waals surface area contributed by atoms with Crippen LogP contribution in [-0.2, 0) is 13.6 Å². The number of fused-ring (bicyclic) bond motifs is 1. The summed E-state index contributed by atoms with van der Waals surface area (Å²) in [5.74, 6) is -0.226. The molecule has 24 heavy (non-hydrogen) atoms. The van der Waals surface area contributed by atoms with Crippen LogP contribution in [0.5, 0.6) is 0 Å². The van der Waals surface area contributed by atoms with Gasteiger partial charge in [-0.1, -0.05) is 12.1 Å². The Morgan fingerprint density at radius 1 is 1.12 bits per heavy atom. The van der Waals surface area contributed by atoms with Gasteiger partial charge < -0.3 is 4.57 Å². The molecule has 3 aromatic heterocycles. The lowest BCUT2D eigenvalue weighted by atomic mass is 10.2. The molecule has 4 aromatic rings. The number of rotatable bonds is 3. The molecule has 0 amide bonds. The van der Waals surface area contributed by atoms with E-state index in [0.29, 0.717) is 6.54 Å². The van der Waals surface area contributed by atoms with Gasteiger partial charge in [0.1, 0.15) is 10.4 Å². The van der Waals surface area contributed by atoms with E-state index in [9.17, 15) is 4.39 Å². The van der Waals surface area contributed by atoms with Crippen LogP contribution < -0.4 is 0 Å². The molecule has 6 heteroatoms. The van der Waals surface area contributed by atoms with E-state index in [1.165, 1.54) is 12.1 Å². The number of aryl methyl sites for hydroxylation is 1. The molecule has 3 heterocycles. The predicted octanol–water partition coefficient (Wildman–Crippen LogP) is 4.39. The molecular formula is C18H14BrFN4. The van der Waals surface area contributed by atoms with E-state index in [1.807, 2.05) is 43.8 Å². The molecule has 0 aliphatic rings. The van der Waals surface area contributed by atoms with Crippen LogP contribution in [-0.4, -0.2) is 19.3 Å². The maximum absolute atomic E-state index is 13.2. The molecule has 0 aliphatic carbocycles. The third-order valence-electron chi connectivity index (χ3n) is 4.01. The summed E-state index contributed by atoms with van der Waals surface area (Å²) in [7, 11) is 1.90. The zero-order valence-corrected chi connectivity index (χ0v) is 14.5. The Balaban J connectivity index is 1.89. The smallest absolute Gasteiger partial charge is 0.123 e. The standard InChI is InChI=1S/C18H14BrFN4/c1-23-11-14(9-22-23)16-6-13-8-21-18(19)7-17(13)24(16)10-12-2-4-15(20)5-3-12/h2-9,11H,10H2,1H3. The summed E-state index contributed by atoms with van der Waals surface area (Å²) in [5, 5.41) is 5.32. The molecule has 4 nitrogen and oxygen atoms in total. The largest absolute Gasteiger partial charge is 0.336 e. The minimum atomic E-state index is -0.226. The Kier molecular flexibility index (Phi) is 3.69. The van der Waals surface area contributed by atoms with Crippen molar-refractivity contribution in [1.82, 2.24) is 19.3 Å². The first-order valence-electron chi connectivity index (χ1n) is 7.48. The molecule has 0 unspecified atom stereocenters. The molecular weight excluding hydrogens is 371 g/mol. The average Bonchev–Trinajstić information content (AvgIpc) is 3.14. The summed E-state index contributed by atoms with van der Waals surface area (Å²) in [6, 6.07) is 10.7. The molecule has 0 saturated carbocycles. The number of hydrogen-bond donors (Lipinski definition) is 0. The topological polar surface area (TPSA) is 35.6 Å². The van der Waals surface area contributed by atoms with Crippen LogP contribution in [0.3, 0.4) is 0 Å². The molecule has 0 aliphatic heterocycles. The Bertz CT molecular complexity index is 1020. The molecule has 0 spiro atoms. The van der Waals surface area contributed by atoms with E-state index in [-0.39, 0.29) is 5.82 Å². The van der Waals surface area contributed by atoms with Crippen molar-refractivity contribution in [2.45, 2.75) is 6.54 Å². The summed E-state index contributed by atoms with van der Waals surface area (Å²) in [5.41, 5.74) is 4.20. The van der Waals surface area contributed by atoms with Crippen LogP contribution in [0.1, 0.15) is 5.56 Å². The molecule has 0 atom stereocenters. The van der Waals surface area contributed by atoms with E-state index in [0.717, 1.165) is 32.3 Å². The van der Waals surface area contributed by atoms with E-state index in [2.05, 4.69) is 36.6 Å². The highest BCUT2D eigenvalue weighted by Gasteiger charge is 2.13. The minimum absolute atomic E-state index is 0.226. The SMILES string of the molecule is Cn1cc(-c2cc3cnc(Br)cc3n2Cc2ccc(F)cc2)cn1. The van der Waals surface area contributed by atoms with Crippen molar-refractivity contribution < 1.29 is 4.39 Å². The maximum atomic E-state index is 13.2. The molecule has 0 fully saturated rings. The summed E-state index contributed by atoms with van der Waals surface area (Å²) in [4.78, 5) is 4.31. The Hall–Kier alpha value is -2.47. The molecule has 4 rings (SSSR count). The number of benzene rings is 1. The van der Waals surface area contributed by atoms with Crippen LogP contribution in [0.4, 0.5) is 4.39 Å². The van der Waals surface area contributed by atoms with E-state index in [4.69, 9.17) is 0 Å². The van der Waals surface area contributed by atoms with Gasteiger partial charge in [0.2, 0.25) is 0 Å². The highest BCUT2D eigenvalue weighted by Crippen LogP contribution is 2.30. The molecule has 0 bridgehead atoms. The van der Waals surface area contributed by atoms with Crippen molar-refractivity contribution in [2.75, 3.05) is 0 Å². The molecule has 1 aromatic carbocycles. The van der Waals surface area contributed by atoms with Gasteiger partial charge in [0.25, 0.3) is 0 Å². The number of halogens is 2. The number of pyridine rings is 1. The van der Waals surface area contributed by atoms with E-state index >= 15 is 0 Å². The van der Waals surface area contributed by atoms with Gasteiger partial charge in [0.05, 0.1) is 17.4 Å². The third kappa shape index (κ3) is 2.73. The lowest BCUT2D eigenvalue weighted by Crippen LogP contribution is -2.01. The zero-order chi connectivity index (χ0) is 16.7. The van der Waals surface area contributed by atoms with Crippen molar-refractivity contribution >= 4 is 26.8 Å². The molecule has 0 N–H and O–H groups in total. The highest BCUT2D eigenvalue weighted by molar-refractivity contribution is 9.10. The van der Waals surface area contributed by atoms with Crippen LogP contribution in [0, 0.1) is 5.82 Å². The van der Waals surface area contributed by atoms with Crippen molar-refractivity contribution in [1.29, 1.82) is 0 Å². The number of nitrogens with zero attached hydrogens (tertiary/aromatic N) is 4. The van der Waals surface area contributed by atoms with Crippen LogP contribution in [0.2, 0.25) is 0 Å². The van der Waals surface area contributed by atoms with E-state index in [1.54, 1.807) is 4.68 Å². The maximum Gasteiger partial charge on any atom is 0.123 e. The quantitative estimate of drug-likeness (QED) is 0.491. The first kappa shape index (κ1) is 15.1. The van der Waals surface area contributed by atoms with Gasteiger partial charge in [-0.15, -0.1) is 0 Å². The third-order valence-corrected chi connectivity index (χ3v) is 4.44.